The number of carboxylic acid groups (broad SMARTS) is 1. The first kappa shape index (κ1) is 18.3. The van der Waals surface area contributed by atoms with Gasteiger partial charge in [0.15, 0.2) is 0 Å². The third-order valence-corrected chi connectivity index (χ3v) is 4.34. The van der Waals surface area contributed by atoms with Crippen molar-refractivity contribution in [1.29, 1.82) is 0 Å². The quantitative estimate of drug-likeness (QED) is 0.528. The van der Waals surface area contributed by atoms with Gasteiger partial charge < -0.3 is 5.11 Å². The molecule has 0 radical (unpaired) electrons. The van der Waals surface area contributed by atoms with E-state index in [1.807, 2.05) is 42.6 Å². The molecule has 0 amide bonds. The Balaban J connectivity index is 1.76. The van der Waals surface area contributed by atoms with Crippen LogP contribution in [-0.4, -0.2) is 25.8 Å². The van der Waals surface area contributed by atoms with E-state index in [1.54, 1.807) is 22.9 Å². The number of hydrogen-bond acceptors (Lipinski definition) is 3. The van der Waals surface area contributed by atoms with Gasteiger partial charge in [0.05, 0.1) is 22.6 Å². The summed E-state index contributed by atoms with van der Waals surface area (Å²) in [6, 6.07) is 18.7. The number of carboxylic acids is 1. The van der Waals surface area contributed by atoms with Crippen LogP contribution in [0.4, 0.5) is 4.39 Å². The van der Waals surface area contributed by atoms with E-state index in [1.165, 1.54) is 30.5 Å². The van der Waals surface area contributed by atoms with Gasteiger partial charge in [0.1, 0.15) is 5.82 Å². The van der Waals surface area contributed by atoms with Crippen molar-refractivity contribution in [3.8, 4) is 16.9 Å². The standard InChI is InChI=1S/C23H16FN3O2/c24-19-9-6-16(7-10-19)22-18(15-27(26-22)21-4-2-1-3-5-21)8-11-20-14-17(23(28)29)12-13-25-20/h1-15H,(H,28,29). The molecule has 4 rings (SSSR count). The second kappa shape index (κ2) is 7.90. The molecule has 29 heavy (non-hydrogen) atoms. The SMILES string of the molecule is O=C(O)c1ccnc(C=Cc2cn(-c3ccccc3)nc2-c2ccc(F)cc2)c1. The predicted molar refractivity (Wildman–Crippen MR) is 109 cm³/mol. The van der Waals surface area contributed by atoms with E-state index in [9.17, 15) is 9.18 Å². The maximum atomic E-state index is 13.3. The van der Waals surface area contributed by atoms with Crippen LogP contribution in [0, 0.1) is 5.82 Å². The summed E-state index contributed by atoms with van der Waals surface area (Å²) in [4.78, 5) is 15.3. The van der Waals surface area contributed by atoms with Crippen molar-refractivity contribution >= 4 is 18.1 Å². The van der Waals surface area contributed by atoms with Gasteiger partial charge >= 0.3 is 5.97 Å². The molecule has 4 aromatic rings. The average molecular weight is 385 g/mol. The van der Waals surface area contributed by atoms with Gasteiger partial charge in [-0.15, -0.1) is 0 Å². The fourth-order valence-electron chi connectivity index (χ4n) is 2.90. The predicted octanol–water partition coefficient (Wildman–Crippen LogP) is 4.94. The van der Waals surface area contributed by atoms with Crippen LogP contribution in [0.25, 0.3) is 29.1 Å². The minimum atomic E-state index is -1.01. The van der Waals surface area contributed by atoms with Crippen molar-refractivity contribution in [3.63, 3.8) is 0 Å². The molecule has 0 aliphatic rings. The third kappa shape index (κ3) is 4.11. The lowest BCUT2D eigenvalue weighted by atomic mass is 10.1. The van der Waals surface area contributed by atoms with Crippen LogP contribution in [0.15, 0.2) is 79.1 Å². The Morgan fingerprint density at radius 2 is 1.76 bits per heavy atom. The molecule has 0 unspecified atom stereocenters. The number of carbonyl (C=O) groups is 1. The molecule has 2 aromatic heterocycles. The molecule has 0 atom stereocenters. The zero-order valence-electron chi connectivity index (χ0n) is 15.2. The van der Waals surface area contributed by atoms with Gasteiger partial charge in [-0.2, -0.15) is 5.10 Å². The number of nitrogens with zero attached hydrogens (tertiary/aromatic N) is 3. The van der Waals surface area contributed by atoms with Crippen LogP contribution in [0.1, 0.15) is 21.6 Å². The largest absolute Gasteiger partial charge is 0.478 e. The Morgan fingerprint density at radius 3 is 2.48 bits per heavy atom. The van der Waals surface area contributed by atoms with E-state index in [2.05, 4.69) is 10.1 Å². The van der Waals surface area contributed by atoms with Crippen molar-refractivity contribution in [3.05, 3.63) is 102 Å². The van der Waals surface area contributed by atoms with Crippen LogP contribution < -0.4 is 0 Å². The van der Waals surface area contributed by atoms with Crippen molar-refractivity contribution in [2.75, 3.05) is 0 Å². The molecule has 2 aromatic carbocycles. The normalized spacial score (nSPS) is 11.1. The summed E-state index contributed by atoms with van der Waals surface area (Å²) in [7, 11) is 0. The molecule has 1 N–H and O–H groups in total. The van der Waals surface area contributed by atoms with Gasteiger partial charge in [-0.3, -0.25) is 4.98 Å². The number of benzene rings is 2. The van der Waals surface area contributed by atoms with Crippen LogP contribution >= 0.6 is 0 Å². The molecule has 0 aliphatic heterocycles. The van der Waals surface area contributed by atoms with Gasteiger partial charge in [0.25, 0.3) is 0 Å². The Labute approximate surface area is 166 Å². The minimum Gasteiger partial charge on any atom is -0.478 e. The summed E-state index contributed by atoms with van der Waals surface area (Å²) in [5, 5.41) is 13.8. The van der Waals surface area contributed by atoms with E-state index in [0.29, 0.717) is 11.4 Å². The minimum absolute atomic E-state index is 0.165. The number of para-hydroxylation sites is 1. The van der Waals surface area contributed by atoms with Gasteiger partial charge in [-0.05, 0) is 60.7 Å². The van der Waals surface area contributed by atoms with Crippen LogP contribution in [-0.2, 0) is 0 Å². The number of halogens is 1. The Hall–Kier alpha value is -4.06. The molecule has 0 aliphatic carbocycles. The van der Waals surface area contributed by atoms with Gasteiger partial charge in [0.2, 0.25) is 0 Å². The number of rotatable bonds is 5. The van der Waals surface area contributed by atoms with Crippen molar-refractivity contribution in [1.82, 2.24) is 14.8 Å². The maximum absolute atomic E-state index is 13.3. The maximum Gasteiger partial charge on any atom is 0.335 e. The highest BCUT2D eigenvalue weighted by atomic mass is 19.1. The summed E-state index contributed by atoms with van der Waals surface area (Å²) in [6.45, 7) is 0. The Bertz CT molecular complexity index is 1180. The summed E-state index contributed by atoms with van der Waals surface area (Å²) in [5.74, 6) is -1.33. The molecule has 0 spiro atoms. The second-order valence-corrected chi connectivity index (χ2v) is 6.33. The van der Waals surface area contributed by atoms with Crippen LogP contribution in [0.2, 0.25) is 0 Å². The van der Waals surface area contributed by atoms with E-state index in [0.717, 1.165) is 16.8 Å². The average Bonchev–Trinajstić information content (AvgIpc) is 3.18. The molecule has 0 saturated heterocycles. The molecule has 142 valence electrons. The third-order valence-electron chi connectivity index (χ3n) is 4.34. The number of pyridine rings is 1. The van der Waals surface area contributed by atoms with E-state index in [-0.39, 0.29) is 11.4 Å². The first-order valence-corrected chi connectivity index (χ1v) is 8.88. The van der Waals surface area contributed by atoms with Crippen molar-refractivity contribution < 1.29 is 14.3 Å². The fourth-order valence-corrected chi connectivity index (χ4v) is 2.90. The molecular weight excluding hydrogens is 369 g/mol. The molecule has 6 heteroatoms. The fraction of sp³-hybridized carbons (Fsp3) is 0. The summed E-state index contributed by atoms with van der Waals surface area (Å²) in [5.41, 5.74) is 3.82. The molecule has 5 nitrogen and oxygen atoms in total. The second-order valence-electron chi connectivity index (χ2n) is 6.33. The number of aromatic nitrogens is 3. The number of hydrogen-bond donors (Lipinski definition) is 1. The van der Waals surface area contributed by atoms with Gasteiger partial charge in [-0.25, -0.2) is 13.9 Å². The molecule has 0 saturated carbocycles. The lowest BCUT2D eigenvalue weighted by molar-refractivity contribution is 0.0696. The van der Waals surface area contributed by atoms with Gasteiger partial charge in [0, 0.05) is 23.5 Å². The Kier molecular flexibility index (Phi) is 4.99. The van der Waals surface area contributed by atoms with E-state index < -0.39 is 5.97 Å². The highest BCUT2D eigenvalue weighted by Crippen LogP contribution is 2.25. The smallest absolute Gasteiger partial charge is 0.335 e. The van der Waals surface area contributed by atoms with Crippen molar-refractivity contribution in [2.24, 2.45) is 0 Å². The monoisotopic (exact) mass is 385 g/mol. The summed E-state index contributed by atoms with van der Waals surface area (Å²) in [6.07, 6.45) is 6.87. The summed E-state index contributed by atoms with van der Waals surface area (Å²) >= 11 is 0. The lowest BCUT2D eigenvalue weighted by Gasteiger charge is -2.00. The van der Waals surface area contributed by atoms with E-state index >= 15 is 0 Å². The highest BCUT2D eigenvalue weighted by molar-refractivity contribution is 5.88. The number of aromatic carboxylic acids is 1. The van der Waals surface area contributed by atoms with Gasteiger partial charge in [-0.1, -0.05) is 18.2 Å². The molecular formula is C23H16FN3O2. The first-order chi connectivity index (χ1) is 14.1. The zero-order valence-corrected chi connectivity index (χ0v) is 15.2. The zero-order chi connectivity index (χ0) is 20.2. The molecule has 0 bridgehead atoms. The topological polar surface area (TPSA) is 68.0 Å². The van der Waals surface area contributed by atoms with E-state index in [4.69, 9.17) is 5.11 Å². The van der Waals surface area contributed by atoms with Crippen LogP contribution in [0.5, 0.6) is 0 Å². The molecule has 2 heterocycles. The van der Waals surface area contributed by atoms with Crippen LogP contribution in [0.3, 0.4) is 0 Å². The van der Waals surface area contributed by atoms with Crippen molar-refractivity contribution in [2.45, 2.75) is 0 Å². The summed E-state index contributed by atoms with van der Waals surface area (Å²) < 4.78 is 15.1. The lowest BCUT2D eigenvalue weighted by Crippen LogP contribution is -1.96. The molecule has 0 fully saturated rings. The highest BCUT2D eigenvalue weighted by Gasteiger charge is 2.11. The first-order valence-electron chi connectivity index (χ1n) is 8.88. The Morgan fingerprint density at radius 1 is 1.00 bits per heavy atom.